The summed E-state index contributed by atoms with van der Waals surface area (Å²) >= 11 is 0. The van der Waals surface area contributed by atoms with E-state index in [1.807, 2.05) is 0 Å². The molecular formula is C16H21N3O4S. The second-order valence-corrected chi connectivity index (χ2v) is 8.93. The van der Waals surface area contributed by atoms with Gasteiger partial charge in [-0.15, -0.1) is 0 Å². The van der Waals surface area contributed by atoms with Crippen LogP contribution in [0.15, 0.2) is 17.3 Å². The Balaban J connectivity index is 1.44. The number of nitrogens with zero attached hydrogens (tertiary/aromatic N) is 2. The first-order chi connectivity index (χ1) is 11.4. The van der Waals surface area contributed by atoms with Crippen molar-refractivity contribution in [3.8, 4) is 0 Å². The van der Waals surface area contributed by atoms with Crippen molar-refractivity contribution < 1.29 is 18.0 Å². The van der Waals surface area contributed by atoms with Gasteiger partial charge < -0.3 is 0 Å². The Hall–Kier alpha value is -1.70. The zero-order chi connectivity index (χ0) is 16.9. The van der Waals surface area contributed by atoms with Gasteiger partial charge in [-0.05, 0) is 44.9 Å². The van der Waals surface area contributed by atoms with Gasteiger partial charge in [0.1, 0.15) is 10.7 Å². The van der Waals surface area contributed by atoms with Crippen LogP contribution in [0.25, 0.3) is 0 Å². The number of rotatable bonds is 4. The zero-order valence-corrected chi connectivity index (χ0v) is 14.2. The van der Waals surface area contributed by atoms with Crippen LogP contribution in [-0.2, 0) is 19.6 Å². The van der Waals surface area contributed by atoms with Gasteiger partial charge in [0.25, 0.3) is 10.0 Å². The number of hydrogen-bond acceptors (Lipinski definition) is 5. The third-order valence-corrected chi connectivity index (χ3v) is 7.05. The topological polar surface area (TPSA) is 98.1 Å². The predicted molar refractivity (Wildman–Crippen MR) is 84.4 cm³/mol. The lowest BCUT2D eigenvalue weighted by molar-refractivity contribution is -0.131. The minimum Gasteiger partial charge on any atom is -0.299 e. The number of aromatic nitrogens is 2. The molecule has 1 aromatic heterocycles. The van der Waals surface area contributed by atoms with E-state index in [9.17, 15) is 18.0 Å². The first kappa shape index (κ1) is 15.8. The summed E-state index contributed by atoms with van der Waals surface area (Å²) < 4.78 is 28.7. The van der Waals surface area contributed by atoms with E-state index < -0.39 is 21.8 Å². The van der Waals surface area contributed by atoms with Gasteiger partial charge in [0, 0.05) is 24.0 Å². The molecule has 0 radical (unpaired) electrons. The summed E-state index contributed by atoms with van der Waals surface area (Å²) in [6, 6.07) is 0.268. The van der Waals surface area contributed by atoms with Crippen molar-refractivity contribution >= 4 is 21.7 Å². The van der Waals surface area contributed by atoms with Gasteiger partial charge in [0.15, 0.2) is 0 Å². The Kier molecular flexibility index (Phi) is 3.74. The summed E-state index contributed by atoms with van der Waals surface area (Å²) in [5, 5.41) is 4.11. The smallest absolute Gasteiger partial charge is 0.267 e. The number of Topliss-reactive ketones (excluding diaryl/α,β-unsaturated/α-hetero) is 1. The van der Waals surface area contributed by atoms with Gasteiger partial charge in [-0.2, -0.15) is 5.10 Å². The molecule has 24 heavy (non-hydrogen) atoms. The number of hydrogen-bond donors (Lipinski definition) is 1. The number of sulfonamides is 1. The van der Waals surface area contributed by atoms with Gasteiger partial charge in [0.2, 0.25) is 5.91 Å². The lowest BCUT2D eigenvalue weighted by Gasteiger charge is -2.25. The van der Waals surface area contributed by atoms with Crippen LogP contribution in [0.2, 0.25) is 0 Å². The molecule has 4 rings (SSSR count). The molecular weight excluding hydrogens is 330 g/mol. The van der Waals surface area contributed by atoms with Crippen LogP contribution in [0, 0.1) is 17.8 Å². The lowest BCUT2D eigenvalue weighted by atomic mass is 9.80. The van der Waals surface area contributed by atoms with Crippen molar-refractivity contribution in [2.45, 2.75) is 55.9 Å². The summed E-state index contributed by atoms with van der Waals surface area (Å²) in [6.07, 6.45) is 8.53. The fraction of sp³-hybridized carbons (Fsp3) is 0.688. The first-order valence-corrected chi connectivity index (χ1v) is 10.1. The monoisotopic (exact) mass is 351 g/mol. The molecule has 3 aliphatic carbocycles. The molecule has 1 unspecified atom stereocenters. The van der Waals surface area contributed by atoms with E-state index in [2.05, 4.69) is 9.82 Å². The Morgan fingerprint density at radius 2 is 1.83 bits per heavy atom. The molecule has 7 nitrogen and oxygen atoms in total. The summed E-state index contributed by atoms with van der Waals surface area (Å²) in [4.78, 5) is 24.3. The third kappa shape index (κ3) is 2.66. The van der Waals surface area contributed by atoms with Crippen molar-refractivity contribution in [1.29, 1.82) is 0 Å². The fourth-order valence-electron chi connectivity index (χ4n) is 4.07. The van der Waals surface area contributed by atoms with Crippen LogP contribution in [0.3, 0.4) is 0 Å². The van der Waals surface area contributed by atoms with Crippen molar-refractivity contribution in [3.63, 3.8) is 0 Å². The van der Waals surface area contributed by atoms with Crippen molar-refractivity contribution in [1.82, 2.24) is 14.5 Å². The molecule has 3 aliphatic rings. The summed E-state index contributed by atoms with van der Waals surface area (Å²) in [6.45, 7) is 0. The van der Waals surface area contributed by atoms with Gasteiger partial charge in [-0.1, -0.05) is 0 Å². The third-order valence-electron chi connectivity index (χ3n) is 5.75. The number of fused-ring (bicyclic) bond motifs is 2. The highest BCUT2D eigenvalue weighted by molar-refractivity contribution is 7.90. The summed E-state index contributed by atoms with van der Waals surface area (Å²) in [5.41, 5.74) is 0. The molecule has 0 aliphatic heterocycles. The highest BCUT2D eigenvalue weighted by Gasteiger charge is 2.44. The second-order valence-electron chi connectivity index (χ2n) is 7.25. The Labute approximate surface area is 140 Å². The van der Waals surface area contributed by atoms with Crippen LogP contribution >= 0.6 is 0 Å². The predicted octanol–water partition coefficient (Wildman–Crippen LogP) is 1.42. The molecule has 2 bridgehead atoms. The highest BCUT2D eigenvalue weighted by atomic mass is 32.2. The largest absolute Gasteiger partial charge is 0.299 e. The van der Waals surface area contributed by atoms with Crippen molar-refractivity contribution in [2.75, 3.05) is 0 Å². The molecule has 0 aromatic carbocycles. The SMILES string of the molecule is O=C(NS(=O)(=O)c1cnn(C2CCC2)c1)C1C[C@H]2CC[C@@H](C1)C2=O. The molecule has 1 N–H and O–H groups in total. The van der Waals surface area contributed by atoms with Crippen LogP contribution in [0.4, 0.5) is 0 Å². The van der Waals surface area contributed by atoms with Crippen LogP contribution < -0.4 is 4.72 Å². The number of carbonyl (C=O) groups excluding carboxylic acids is 2. The van der Waals surface area contributed by atoms with E-state index >= 15 is 0 Å². The van der Waals surface area contributed by atoms with Gasteiger partial charge in [0.05, 0.1) is 12.2 Å². The molecule has 1 aromatic rings. The van der Waals surface area contributed by atoms with Crippen molar-refractivity contribution in [3.05, 3.63) is 12.4 Å². The maximum atomic E-state index is 12.4. The minimum absolute atomic E-state index is 0.0256. The second kappa shape index (κ2) is 5.68. The van der Waals surface area contributed by atoms with E-state index in [-0.39, 0.29) is 28.6 Å². The van der Waals surface area contributed by atoms with Crippen LogP contribution in [0.1, 0.15) is 51.0 Å². The molecule has 8 heteroatoms. The lowest BCUT2D eigenvalue weighted by Crippen LogP contribution is -2.40. The molecule has 0 spiro atoms. The number of nitrogens with one attached hydrogen (secondary N) is 1. The van der Waals surface area contributed by atoms with Gasteiger partial charge in [-0.3, -0.25) is 14.3 Å². The molecule has 0 saturated heterocycles. The summed E-state index contributed by atoms with van der Waals surface area (Å²) in [7, 11) is -3.90. The number of amides is 1. The standard InChI is InChI=1S/C16H21N3O4S/c20-15-10-4-5-11(15)7-12(6-10)16(21)18-24(22,23)14-8-17-19(9-14)13-2-1-3-13/h8-13H,1-7H2,(H,18,21)/t10-,11+,12?. The average molecular weight is 351 g/mol. The molecule has 3 atom stereocenters. The Morgan fingerprint density at radius 3 is 2.42 bits per heavy atom. The Bertz CT molecular complexity index is 765. The maximum absolute atomic E-state index is 12.4. The Morgan fingerprint density at radius 1 is 1.17 bits per heavy atom. The average Bonchev–Trinajstić information content (AvgIpc) is 2.99. The highest BCUT2D eigenvalue weighted by Crippen LogP contribution is 2.42. The number of ketones is 1. The fourth-order valence-corrected chi connectivity index (χ4v) is 5.05. The normalized spacial score (nSPS) is 30.2. The first-order valence-electron chi connectivity index (χ1n) is 8.58. The van der Waals surface area contributed by atoms with Crippen LogP contribution in [-0.4, -0.2) is 29.9 Å². The van der Waals surface area contributed by atoms with E-state index in [0.29, 0.717) is 12.8 Å². The van der Waals surface area contributed by atoms with E-state index in [1.54, 1.807) is 4.68 Å². The quantitative estimate of drug-likeness (QED) is 0.884. The summed E-state index contributed by atoms with van der Waals surface area (Å²) in [5.74, 6) is -0.761. The van der Waals surface area contributed by atoms with Gasteiger partial charge >= 0.3 is 0 Å². The molecule has 3 saturated carbocycles. The van der Waals surface area contributed by atoms with E-state index in [1.165, 1.54) is 12.4 Å². The minimum atomic E-state index is -3.90. The maximum Gasteiger partial charge on any atom is 0.267 e. The molecule has 3 fully saturated rings. The van der Waals surface area contributed by atoms with E-state index in [4.69, 9.17) is 0 Å². The molecule has 130 valence electrons. The molecule has 1 heterocycles. The van der Waals surface area contributed by atoms with Crippen molar-refractivity contribution in [2.24, 2.45) is 17.8 Å². The number of carbonyl (C=O) groups is 2. The molecule has 1 amide bonds. The van der Waals surface area contributed by atoms with Crippen LogP contribution in [0.5, 0.6) is 0 Å². The van der Waals surface area contributed by atoms with Gasteiger partial charge in [-0.25, -0.2) is 13.1 Å². The van der Waals surface area contributed by atoms with E-state index in [0.717, 1.165) is 32.1 Å². The zero-order valence-electron chi connectivity index (χ0n) is 13.3.